The third-order valence-corrected chi connectivity index (χ3v) is 3.70. The average molecular weight is 345 g/mol. The number of carbonyl (C=O) groups excluding carboxylic acids is 3. The van der Waals surface area contributed by atoms with E-state index in [0.29, 0.717) is 11.3 Å². The molecule has 0 aliphatic heterocycles. The van der Waals surface area contributed by atoms with Gasteiger partial charge in [-0.25, -0.2) is 9.59 Å². The molecule has 1 aromatic carbocycles. The number of benzene rings is 1. The van der Waals surface area contributed by atoms with Gasteiger partial charge in [-0.2, -0.15) is 0 Å². The van der Waals surface area contributed by atoms with E-state index in [1.165, 1.54) is 36.7 Å². The first kappa shape index (κ1) is 17.4. The fourth-order valence-corrected chi connectivity index (χ4v) is 2.34. The number of nitrogens with one attached hydrogen (secondary N) is 1. The second-order valence-corrected chi connectivity index (χ2v) is 5.55. The largest absolute Gasteiger partial charge is 0.465 e. The predicted molar refractivity (Wildman–Crippen MR) is 90.7 cm³/mol. The Morgan fingerprint density at radius 1 is 1.17 bits per heavy atom. The Hall–Kier alpha value is -2.93. The number of rotatable bonds is 6. The summed E-state index contributed by atoms with van der Waals surface area (Å²) in [5.74, 6) is -1.53. The molecule has 0 fully saturated rings. The lowest BCUT2D eigenvalue weighted by molar-refractivity contribution is -0.142. The lowest BCUT2D eigenvalue weighted by Crippen LogP contribution is -2.20. The third-order valence-electron chi connectivity index (χ3n) is 2.86. The van der Waals surface area contributed by atoms with Gasteiger partial charge in [-0.1, -0.05) is 6.07 Å². The molecule has 0 bridgehead atoms. The summed E-state index contributed by atoms with van der Waals surface area (Å²) in [5, 5.41) is 4.45. The molecule has 24 heavy (non-hydrogen) atoms. The van der Waals surface area contributed by atoms with Crippen molar-refractivity contribution in [1.29, 1.82) is 0 Å². The molecule has 0 spiro atoms. The van der Waals surface area contributed by atoms with Crippen molar-refractivity contribution in [2.45, 2.75) is 0 Å². The molecule has 1 aromatic heterocycles. The van der Waals surface area contributed by atoms with Crippen molar-refractivity contribution in [2.24, 2.45) is 0 Å². The van der Waals surface area contributed by atoms with E-state index >= 15 is 0 Å². The first-order valence-electron chi connectivity index (χ1n) is 6.95. The van der Waals surface area contributed by atoms with E-state index in [2.05, 4.69) is 10.1 Å². The lowest BCUT2D eigenvalue weighted by atomic mass is 10.2. The van der Waals surface area contributed by atoms with Gasteiger partial charge in [-0.15, -0.1) is 11.3 Å². The SMILES string of the molecule is COC(=O)c1ccc(NC(=O)COC(=O)/C=C\c2cccs2)cc1. The smallest absolute Gasteiger partial charge is 0.337 e. The van der Waals surface area contributed by atoms with Crippen LogP contribution in [0.1, 0.15) is 15.2 Å². The Balaban J connectivity index is 1.78. The highest BCUT2D eigenvalue weighted by molar-refractivity contribution is 7.10. The van der Waals surface area contributed by atoms with Crippen LogP contribution in [0.25, 0.3) is 6.08 Å². The molecule has 0 radical (unpaired) electrons. The quantitative estimate of drug-likeness (QED) is 0.643. The van der Waals surface area contributed by atoms with Gasteiger partial charge < -0.3 is 14.8 Å². The van der Waals surface area contributed by atoms with Crippen molar-refractivity contribution in [3.63, 3.8) is 0 Å². The molecule has 2 rings (SSSR count). The molecule has 0 saturated heterocycles. The lowest BCUT2D eigenvalue weighted by Gasteiger charge is -2.06. The zero-order valence-corrected chi connectivity index (χ0v) is 13.7. The Labute approximate surface area is 142 Å². The number of esters is 2. The van der Waals surface area contributed by atoms with E-state index in [9.17, 15) is 14.4 Å². The van der Waals surface area contributed by atoms with Gasteiger partial charge >= 0.3 is 11.9 Å². The fourth-order valence-electron chi connectivity index (χ4n) is 1.73. The number of methoxy groups -OCH3 is 1. The van der Waals surface area contributed by atoms with E-state index in [1.807, 2.05) is 17.5 Å². The number of amides is 1. The van der Waals surface area contributed by atoms with Crippen molar-refractivity contribution in [1.82, 2.24) is 0 Å². The van der Waals surface area contributed by atoms with Crippen molar-refractivity contribution < 1.29 is 23.9 Å². The minimum Gasteiger partial charge on any atom is -0.465 e. The normalized spacial score (nSPS) is 10.4. The van der Waals surface area contributed by atoms with Crippen LogP contribution < -0.4 is 5.32 Å². The van der Waals surface area contributed by atoms with Crippen molar-refractivity contribution in [3.8, 4) is 0 Å². The maximum atomic E-state index is 11.7. The fraction of sp³-hybridized carbons (Fsp3) is 0.118. The standard InChI is InChI=1S/C17H15NO5S/c1-22-17(21)12-4-6-13(7-5-12)18-15(19)11-23-16(20)9-8-14-3-2-10-24-14/h2-10H,11H2,1H3,(H,18,19)/b9-8-. The third kappa shape index (κ3) is 5.36. The van der Waals surface area contributed by atoms with Crippen LogP contribution in [0.4, 0.5) is 5.69 Å². The number of anilines is 1. The maximum Gasteiger partial charge on any atom is 0.337 e. The van der Waals surface area contributed by atoms with Crippen LogP contribution >= 0.6 is 11.3 Å². The van der Waals surface area contributed by atoms with Crippen LogP contribution in [0.2, 0.25) is 0 Å². The first-order valence-corrected chi connectivity index (χ1v) is 7.83. The molecule has 0 unspecified atom stereocenters. The highest BCUT2D eigenvalue weighted by atomic mass is 32.1. The summed E-state index contributed by atoms with van der Waals surface area (Å²) in [5.41, 5.74) is 0.860. The predicted octanol–water partition coefficient (Wildman–Crippen LogP) is 2.73. The summed E-state index contributed by atoms with van der Waals surface area (Å²) in [6, 6.07) is 9.90. The number of carbonyl (C=O) groups is 3. The Morgan fingerprint density at radius 2 is 1.92 bits per heavy atom. The Kier molecular flexibility index (Phi) is 6.27. The molecule has 2 aromatic rings. The molecule has 0 atom stereocenters. The summed E-state index contributed by atoms with van der Waals surface area (Å²) in [7, 11) is 1.29. The van der Waals surface area contributed by atoms with Crippen LogP contribution in [-0.2, 0) is 19.1 Å². The molecule has 1 N–H and O–H groups in total. The molecule has 7 heteroatoms. The van der Waals surface area contributed by atoms with E-state index in [0.717, 1.165) is 4.88 Å². The second kappa shape index (κ2) is 8.64. The summed E-state index contributed by atoms with van der Waals surface area (Å²) in [6.07, 6.45) is 2.89. The Morgan fingerprint density at radius 3 is 2.54 bits per heavy atom. The number of hydrogen-bond donors (Lipinski definition) is 1. The molecule has 0 aliphatic rings. The van der Waals surface area contributed by atoms with Crippen LogP contribution in [0.3, 0.4) is 0 Å². The van der Waals surface area contributed by atoms with Crippen LogP contribution in [0, 0.1) is 0 Å². The Bertz CT molecular complexity index is 735. The number of hydrogen-bond acceptors (Lipinski definition) is 6. The molecule has 1 heterocycles. The van der Waals surface area contributed by atoms with Gasteiger partial charge in [0.25, 0.3) is 5.91 Å². The first-order chi connectivity index (χ1) is 11.6. The zero-order chi connectivity index (χ0) is 17.4. The van der Waals surface area contributed by atoms with E-state index in [-0.39, 0.29) is 0 Å². The van der Waals surface area contributed by atoms with Gasteiger partial charge in [-0.05, 0) is 41.8 Å². The van der Waals surface area contributed by atoms with Crippen molar-refractivity contribution in [2.75, 3.05) is 19.0 Å². The molecule has 124 valence electrons. The van der Waals surface area contributed by atoms with Crippen LogP contribution in [0.15, 0.2) is 47.9 Å². The van der Waals surface area contributed by atoms with Crippen LogP contribution in [0.5, 0.6) is 0 Å². The topological polar surface area (TPSA) is 81.7 Å². The molecule has 0 aliphatic carbocycles. The summed E-state index contributed by atoms with van der Waals surface area (Å²) in [6.45, 7) is -0.396. The molecule has 0 saturated carbocycles. The maximum absolute atomic E-state index is 11.7. The van der Waals surface area contributed by atoms with Gasteiger partial charge in [0.05, 0.1) is 12.7 Å². The number of ether oxygens (including phenoxy) is 2. The van der Waals surface area contributed by atoms with E-state index in [4.69, 9.17) is 4.74 Å². The monoisotopic (exact) mass is 345 g/mol. The van der Waals surface area contributed by atoms with E-state index in [1.54, 1.807) is 18.2 Å². The summed E-state index contributed by atoms with van der Waals surface area (Å²) >= 11 is 1.49. The minimum atomic E-state index is -0.598. The molecule has 1 amide bonds. The highest BCUT2D eigenvalue weighted by Crippen LogP contribution is 2.11. The summed E-state index contributed by atoms with van der Waals surface area (Å²) < 4.78 is 9.43. The minimum absolute atomic E-state index is 0.376. The van der Waals surface area contributed by atoms with Gasteiger partial charge in [0, 0.05) is 16.6 Å². The van der Waals surface area contributed by atoms with Crippen LogP contribution in [-0.4, -0.2) is 31.6 Å². The summed E-state index contributed by atoms with van der Waals surface area (Å²) in [4.78, 5) is 35.5. The van der Waals surface area contributed by atoms with Gasteiger partial charge in [0.15, 0.2) is 6.61 Å². The van der Waals surface area contributed by atoms with Gasteiger partial charge in [0.1, 0.15) is 0 Å². The van der Waals surface area contributed by atoms with E-state index < -0.39 is 24.5 Å². The zero-order valence-electron chi connectivity index (χ0n) is 12.9. The molecular formula is C17H15NO5S. The van der Waals surface area contributed by atoms with Crippen molar-refractivity contribution >= 4 is 40.9 Å². The molecular weight excluding hydrogens is 330 g/mol. The highest BCUT2D eigenvalue weighted by Gasteiger charge is 2.08. The van der Waals surface area contributed by atoms with Gasteiger partial charge in [-0.3, -0.25) is 4.79 Å². The average Bonchev–Trinajstić information content (AvgIpc) is 3.11. The second-order valence-electron chi connectivity index (χ2n) is 4.57. The van der Waals surface area contributed by atoms with Gasteiger partial charge in [0.2, 0.25) is 0 Å². The van der Waals surface area contributed by atoms with Crippen molar-refractivity contribution in [3.05, 3.63) is 58.3 Å². The molecule has 6 nitrogen and oxygen atoms in total. The number of thiophene rings is 1.